The van der Waals surface area contributed by atoms with Crippen molar-refractivity contribution < 1.29 is 0 Å². The van der Waals surface area contributed by atoms with E-state index in [1.54, 1.807) is 0 Å². The molecule has 0 radical (unpaired) electrons. The Morgan fingerprint density at radius 3 is 3.00 bits per heavy atom. The molecule has 2 heterocycles. The Balaban J connectivity index is 2.12. The van der Waals surface area contributed by atoms with Gasteiger partial charge in [-0.2, -0.15) is 0 Å². The summed E-state index contributed by atoms with van der Waals surface area (Å²) in [7, 11) is 0. The van der Waals surface area contributed by atoms with Gasteiger partial charge in [-0.1, -0.05) is 13.0 Å². The molecule has 1 fully saturated rings. The monoisotopic (exact) mass is 176 g/mol. The predicted octanol–water partition coefficient (Wildman–Crippen LogP) is 2.07. The largest absolute Gasteiger partial charge is 0.309 e. The van der Waals surface area contributed by atoms with Crippen molar-refractivity contribution in [3.8, 4) is 0 Å². The molecule has 1 unspecified atom stereocenters. The molecule has 0 amide bonds. The maximum atomic E-state index is 4.47. The van der Waals surface area contributed by atoms with Gasteiger partial charge in [-0.25, -0.2) is 0 Å². The van der Waals surface area contributed by atoms with Crippen LogP contribution in [0.1, 0.15) is 37.1 Å². The molecule has 2 nitrogen and oxygen atoms in total. The van der Waals surface area contributed by atoms with Crippen molar-refractivity contribution in [2.45, 2.75) is 32.2 Å². The summed E-state index contributed by atoms with van der Waals surface area (Å²) in [6.45, 7) is 3.30. The van der Waals surface area contributed by atoms with Crippen LogP contribution < -0.4 is 5.32 Å². The topological polar surface area (TPSA) is 24.9 Å². The molecule has 0 bridgehead atoms. The Labute approximate surface area is 79.4 Å². The van der Waals surface area contributed by atoms with Crippen LogP contribution in [0.5, 0.6) is 0 Å². The normalized spacial score (nSPS) is 22.1. The van der Waals surface area contributed by atoms with Crippen LogP contribution in [0.25, 0.3) is 0 Å². The van der Waals surface area contributed by atoms with Crippen LogP contribution in [0.2, 0.25) is 0 Å². The lowest BCUT2D eigenvalue weighted by molar-refractivity contribution is 0.627. The zero-order valence-corrected chi connectivity index (χ0v) is 8.09. The highest BCUT2D eigenvalue weighted by Crippen LogP contribution is 2.20. The van der Waals surface area contributed by atoms with Gasteiger partial charge < -0.3 is 5.32 Å². The van der Waals surface area contributed by atoms with E-state index >= 15 is 0 Å². The van der Waals surface area contributed by atoms with Crippen LogP contribution >= 0.6 is 0 Å². The van der Waals surface area contributed by atoms with Gasteiger partial charge in [-0.3, -0.25) is 4.98 Å². The smallest absolute Gasteiger partial charge is 0.0573 e. The van der Waals surface area contributed by atoms with Crippen LogP contribution in [-0.2, 0) is 6.42 Å². The summed E-state index contributed by atoms with van der Waals surface area (Å²) < 4.78 is 0. The molecule has 0 aromatic carbocycles. The minimum absolute atomic E-state index is 0.505. The number of rotatable bonds is 2. The van der Waals surface area contributed by atoms with E-state index in [1.165, 1.54) is 24.1 Å². The van der Waals surface area contributed by atoms with Crippen LogP contribution in [0.4, 0.5) is 0 Å². The maximum absolute atomic E-state index is 4.47. The number of hydrogen-bond donors (Lipinski definition) is 1. The fourth-order valence-corrected chi connectivity index (χ4v) is 1.79. The third kappa shape index (κ3) is 1.89. The van der Waals surface area contributed by atoms with Crippen LogP contribution in [0, 0.1) is 0 Å². The third-order valence-electron chi connectivity index (χ3n) is 2.67. The average Bonchev–Trinajstić information content (AvgIpc) is 2.71. The lowest BCUT2D eigenvalue weighted by Crippen LogP contribution is -2.14. The van der Waals surface area contributed by atoms with Crippen molar-refractivity contribution in [2.75, 3.05) is 6.54 Å². The fourth-order valence-electron chi connectivity index (χ4n) is 1.79. The van der Waals surface area contributed by atoms with Crippen molar-refractivity contribution in [3.05, 3.63) is 29.6 Å². The third-order valence-corrected chi connectivity index (χ3v) is 2.67. The quantitative estimate of drug-likeness (QED) is 0.746. The summed E-state index contributed by atoms with van der Waals surface area (Å²) in [4.78, 5) is 4.47. The van der Waals surface area contributed by atoms with Crippen molar-refractivity contribution in [2.24, 2.45) is 0 Å². The SMILES string of the molecule is CCc1ccc(C2CCCN2)nc1. The number of nitrogens with zero attached hydrogens (tertiary/aromatic N) is 1. The highest BCUT2D eigenvalue weighted by molar-refractivity contribution is 5.16. The first-order valence-electron chi connectivity index (χ1n) is 5.08. The van der Waals surface area contributed by atoms with E-state index in [0.29, 0.717) is 6.04 Å². The summed E-state index contributed by atoms with van der Waals surface area (Å²) in [6, 6.07) is 4.84. The first-order valence-corrected chi connectivity index (χ1v) is 5.08. The second kappa shape index (κ2) is 3.88. The first-order chi connectivity index (χ1) is 6.40. The van der Waals surface area contributed by atoms with Gasteiger partial charge in [0.2, 0.25) is 0 Å². The van der Waals surface area contributed by atoms with Crippen LogP contribution in [0.3, 0.4) is 0 Å². The second-order valence-electron chi connectivity index (χ2n) is 3.59. The molecule has 0 spiro atoms. The molecule has 0 aliphatic carbocycles. The summed E-state index contributed by atoms with van der Waals surface area (Å²) >= 11 is 0. The van der Waals surface area contributed by atoms with Gasteiger partial charge in [0, 0.05) is 12.2 Å². The molecular weight excluding hydrogens is 160 g/mol. The van der Waals surface area contributed by atoms with Gasteiger partial charge in [0.1, 0.15) is 0 Å². The zero-order chi connectivity index (χ0) is 9.10. The molecule has 1 atom stereocenters. The molecule has 1 aliphatic rings. The Kier molecular flexibility index (Phi) is 2.60. The van der Waals surface area contributed by atoms with Gasteiger partial charge in [-0.15, -0.1) is 0 Å². The molecule has 1 N–H and O–H groups in total. The van der Waals surface area contributed by atoms with Crippen molar-refractivity contribution in [3.63, 3.8) is 0 Å². The van der Waals surface area contributed by atoms with E-state index in [4.69, 9.17) is 0 Å². The zero-order valence-electron chi connectivity index (χ0n) is 8.09. The highest BCUT2D eigenvalue weighted by Gasteiger charge is 2.16. The molecule has 13 heavy (non-hydrogen) atoms. The Morgan fingerprint density at radius 1 is 1.54 bits per heavy atom. The van der Waals surface area contributed by atoms with E-state index in [2.05, 4.69) is 29.4 Å². The summed E-state index contributed by atoms with van der Waals surface area (Å²) in [6.07, 6.45) is 5.58. The van der Waals surface area contributed by atoms with Gasteiger partial charge in [0.15, 0.2) is 0 Å². The minimum atomic E-state index is 0.505. The number of nitrogens with one attached hydrogen (secondary N) is 1. The van der Waals surface area contributed by atoms with Crippen molar-refractivity contribution >= 4 is 0 Å². The van der Waals surface area contributed by atoms with Gasteiger partial charge in [0.25, 0.3) is 0 Å². The van der Waals surface area contributed by atoms with Gasteiger partial charge in [-0.05, 0) is 37.4 Å². The summed E-state index contributed by atoms with van der Waals surface area (Å²) in [5.41, 5.74) is 2.52. The number of pyridine rings is 1. The average molecular weight is 176 g/mol. The molecule has 1 aromatic rings. The van der Waals surface area contributed by atoms with E-state index in [9.17, 15) is 0 Å². The number of aryl methyl sites for hydroxylation is 1. The summed E-state index contributed by atoms with van der Waals surface area (Å²) in [5, 5.41) is 3.45. The molecule has 0 saturated carbocycles. The Bertz CT molecular complexity index is 260. The molecule has 1 saturated heterocycles. The Hall–Kier alpha value is -0.890. The number of aromatic nitrogens is 1. The summed E-state index contributed by atoms with van der Waals surface area (Å²) in [5.74, 6) is 0. The minimum Gasteiger partial charge on any atom is -0.309 e. The van der Waals surface area contributed by atoms with Gasteiger partial charge in [0.05, 0.1) is 5.69 Å². The van der Waals surface area contributed by atoms with E-state index in [1.807, 2.05) is 6.20 Å². The lowest BCUT2D eigenvalue weighted by atomic mass is 10.1. The molecule has 1 aliphatic heterocycles. The molecular formula is C11H16N2. The van der Waals surface area contributed by atoms with E-state index in [-0.39, 0.29) is 0 Å². The molecule has 70 valence electrons. The van der Waals surface area contributed by atoms with E-state index in [0.717, 1.165) is 13.0 Å². The highest BCUT2D eigenvalue weighted by atomic mass is 15.0. The maximum Gasteiger partial charge on any atom is 0.0573 e. The fraction of sp³-hybridized carbons (Fsp3) is 0.545. The molecule has 1 aromatic heterocycles. The van der Waals surface area contributed by atoms with Crippen molar-refractivity contribution in [1.29, 1.82) is 0 Å². The lowest BCUT2D eigenvalue weighted by Gasteiger charge is -2.09. The predicted molar refractivity (Wildman–Crippen MR) is 53.6 cm³/mol. The molecule has 2 heteroatoms. The molecule has 2 rings (SSSR count). The van der Waals surface area contributed by atoms with Gasteiger partial charge >= 0.3 is 0 Å². The van der Waals surface area contributed by atoms with Crippen molar-refractivity contribution in [1.82, 2.24) is 10.3 Å². The first kappa shape index (κ1) is 8.70. The van der Waals surface area contributed by atoms with Crippen LogP contribution in [0.15, 0.2) is 18.3 Å². The number of hydrogen-bond acceptors (Lipinski definition) is 2. The Morgan fingerprint density at radius 2 is 2.46 bits per heavy atom. The van der Waals surface area contributed by atoms with Crippen LogP contribution in [-0.4, -0.2) is 11.5 Å². The second-order valence-corrected chi connectivity index (χ2v) is 3.59. The van der Waals surface area contributed by atoms with E-state index < -0.39 is 0 Å². The standard InChI is InChI=1S/C11H16N2/c1-2-9-5-6-11(13-8-9)10-4-3-7-12-10/h5-6,8,10,12H,2-4,7H2,1H3.